The van der Waals surface area contributed by atoms with Gasteiger partial charge in [-0.05, 0) is 59.0 Å². The van der Waals surface area contributed by atoms with E-state index in [0.717, 1.165) is 12.1 Å². The molecule has 2 heterocycles. The van der Waals surface area contributed by atoms with Crippen molar-refractivity contribution in [3.63, 3.8) is 0 Å². The van der Waals surface area contributed by atoms with E-state index in [2.05, 4.69) is 0 Å². The number of carbonyl (C=O) groups excluding carboxylic acids is 1. The number of rotatable bonds is 10. The molecule has 258 valence electrons. The number of benzene rings is 4. The number of phenols is 1. The van der Waals surface area contributed by atoms with Crippen molar-refractivity contribution < 1.29 is 53.0 Å². The zero-order valence-electron chi connectivity index (χ0n) is 26.0. The first kappa shape index (κ1) is 34.6. The molecule has 13 heteroatoms. The Kier molecular flexibility index (Phi) is 9.87. The van der Waals surface area contributed by atoms with Gasteiger partial charge in [0, 0.05) is 11.3 Å². The topological polar surface area (TPSA) is 185 Å². The van der Waals surface area contributed by atoms with Crippen molar-refractivity contribution in [2.75, 3.05) is 17.3 Å². The number of phenolic OH excluding ortho intramolecular Hbond substituents is 1. The number of aliphatic hydroxyl groups is 5. The number of halogens is 1. The minimum Gasteiger partial charge on any atom is -0.508 e. The largest absolute Gasteiger partial charge is 0.508 e. The molecule has 2 aliphatic rings. The number of ether oxygens (including phenoxy) is 1. The van der Waals surface area contributed by atoms with Crippen molar-refractivity contribution in [2.45, 2.75) is 54.3 Å². The summed E-state index contributed by atoms with van der Waals surface area (Å²) in [6.07, 6.45) is -7.95. The van der Waals surface area contributed by atoms with Crippen LogP contribution in [-0.4, -0.2) is 87.0 Å². The van der Waals surface area contributed by atoms with Gasteiger partial charge in [-0.2, -0.15) is 0 Å². The zero-order chi connectivity index (χ0) is 35.0. The van der Waals surface area contributed by atoms with Crippen molar-refractivity contribution in [3.8, 4) is 16.9 Å². The first-order valence-electron chi connectivity index (χ1n) is 15.7. The highest BCUT2D eigenvalue weighted by atomic mass is 32.2. The van der Waals surface area contributed by atoms with Crippen LogP contribution in [0.4, 0.5) is 10.1 Å². The van der Waals surface area contributed by atoms with E-state index in [4.69, 9.17) is 4.74 Å². The van der Waals surface area contributed by atoms with Crippen LogP contribution in [0.25, 0.3) is 11.1 Å². The number of hydrogen-bond donors (Lipinski definition) is 6. The predicted molar refractivity (Wildman–Crippen MR) is 176 cm³/mol. The average Bonchev–Trinajstić information content (AvgIpc) is 3.09. The first-order chi connectivity index (χ1) is 23.4. The molecule has 49 heavy (non-hydrogen) atoms. The van der Waals surface area contributed by atoms with Crippen molar-refractivity contribution >= 4 is 21.4 Å². The summed E-state index contributed by atoms with van der Waals surface area (Å²) in [6.45, 7) is -0.556. The number of aliphatic hydroxyl groups excluding tert-OH is 5. The van der Waals surface area contributed by atoms with Gasteiger partial charge in [-0.1, -0.05) is 66.7 Å². The molecule has 4 aromatic rings. The molecule has 8 atom stereocenters. The van der Waals surface area contributed by atoms with Crippen LogP contribution in [0.3, 0.4) is 0 Å². The summed E-state index contributed by atoms with van der Waals surface area (Å²) in [4.78, 5) is 14.8. The van der Waals surface area contributed by atoms with Gasteiger partial charge in [-0.15, -0.1) is 0 Å². The maximum atomic E-state index is 13.7. The third kappa shape index (κ3) is 6.71. The molecule has 0 spiro atoms. The number of para-hydroxylation sites is 1. The molecule has 0 aromatic heterocycles. The van der Waals surface area contributed by atoms with E-state index in [9.17, 15) is 48.2 Å². The van der Waals surface area contributed by atoms with E-state index < -0.39 is 81.8 Å². The lowest BCUT2D eigenvalue weighted by atomic mass is 9.89. The smallest absolute Gasteiger partial charge is 0.248 e. The first-order valence-corrected chi connectivity index (χ1v) is 17.4. The van der Waals surface area contributed by atoms with E-state index in [1.165, 1.54) is 23.1 Å². The lowest BCUT2D eigenvalue weighted by molar-refractivity contribution is -0.231. The Morgan fingerprint density at radius 1 is 0.837 bits per heavy atom. The monoisotopic (exact) mass is 693 g/mol. The molecule has 2 saturated heterocycles. The van der Waals surface area contributed by atoms with Crippen molar-refractivity contribution in [1.82, 2.24) is 0 Å². The van der Waals surface area contributed by atoms with Crippen LogP contribution in [0, 0.1) is 5.82 Å². The molecule has 11 nitrogen and oxygen atoms in total. The Morgan fingerprint density at radius 2 is 1.49 bits per heavy atom. The van der Waals surface area contributed by atoms with Gasteiger partial charge in [0.1, 0.15) is 42.1 Å². The normalized spacial score (nSPS) is 26.3. The van der Waals surface area contributed by atoms with Gasteiger partial charge in [0.05, 0.1) is 24.5 Å². The quantitative estimate of drug-likeness (QED) is 0.135. The number of β-lactam (4-membered cyclic amide) rings is 1. The predicted octanol–water partition coefficient (Wildman–Crippen LogP) is 2.71. The summed E-state index contributed by atoms with van der Waals surface area (Å²) < 4.78 is 46.3. The molecule has 6 N–H and O–H groups in total. The fourth-order valence-corrected chi connectivity index (χ4v) is 8.35. The lowest BCUT2D eigenvalue weighted by Crippen LogP contribution is -2.62. The second kappa shape index (κ2) is 14.0. The van der Waals surface area contributed by atoms with E-state index in [1.54, 1.807) is 66.7 Å². The number of hydrogen-bond acceptors (Lipinski definition) is 10. The molecule has 4 aromatic carbocycles. The molecule has 1 amide bonds. The van der Waals surface area contributed by atoms with Crippen molar-refractivity contribution in [1.29, 1.82) is 0 Å². The highest BCUT2D eigenvalue weighted by Gasteiger charge is 2.56. The number of amides is 1. The van der Waals surface area contributed by atoms with E-state index in [-0.39, 0.29) is 17.7 Å². The van der Waals surface area contributed by atoms with Gasteiger partial charge in [0.15, 0.2) is 15.1 Å². The van der Waals surface area contributed by atoms with Gasteiger partial charge >= 0.3 is 0 Å². The number of aromatic hydroxyl groups is 1. The molecule has 0 radical (unpaired) electrons. The Balaban J connectivity index is 1.25. The zero-order valence-corrected chi connectivity index (χ0v) is 26.8. The molecular weight excluding hydrogens is 657 g/mol. The van der Waals surface area contributed by atoms with Crippen LogP contribution in [0.2, 0.25) is 0 Å². The van der Waals surface area contributed by atoms with Crippen LogP contribution in [-0.2, 0) is 19.4 Å². The number of carbonyl (C=O) groups is 1. The van der Waals surface area contributed by atoms with Gasteiger partial charge in [-0.3, -0.25) is 4.79 Å². The summed E-state index contributed by atoms with van der Waals surface area (Å²) in [5.41, 5.74) is 2.67. The Labute approximate surface area is 282 Å². The van der Waals surface area contributed by atoms with Gasteiger partial charge in [-0.25, -0.2) is 12.8 Å². The summed E-state index contributed by atoms with van der Waals surface area (Å²) in [5, 5.41) is 60.6. The molecule has 0 bridgehead atoms. The maximum Gasteiger partial charge on any atom is 0.248 e. The highest BCUT2D eigenvalue weighted by molar-refractivity contribution is 7.93. The highest BCUT2D eigenvalue weighted by Crippen LogP contribution is 2.46. The second-order valence-electron chi connectivity index (χ2n) is 12.3. The van der Waals surface area contributed by atoms with Gasteiger partial charge in [0.2, 0.25) is 5.91 Å². The van der Waals surface area contributed by atoms with Crippen LogP contribution in [0.5, 0.6) is 5.75 Å². The Morgan fingerprint density at radius 3 is 2.12 bits per heavy atom. The van der Waals surface area contributed by atoms with E-state index >= 15 is 0 Å². The van der Waals surface area contributed by atoms with Crippen molar-refractivity contribution in [3.05, 3.63) is 120 Å². The minimum absolute atomic E-state index is 0.206. The summed E-state index contributed by atoms with van der Waals surface area (Å²) in [7, 11) is -4.15. The molecule has 6 rings (SSSR count). The summed E-state index contributed by atoms with van der Waals surface area (Å²) >= 11 is 0. The number of nitrogens with zero attached hydrogens (tertiary/aromatic N) is 1. The third-order valence-corrected chi connectivity index (χ3v) is 11.2. The fraction of sp³-hybridized carbons (Fsp3) is 0.306. The SMILES string of the molecule is O=C1C(S(=O)(=O)CCC(O)c2ccc(F)cc2)C(c2ccc(-c3ccc(C4OC(CO)C(O)C(O)C4O)cc3)cc2O)N1c1ccccc1. The summed E-state index contributed by atoms with van der Waals surface area (Å²) in [5.74, 6) is -1.94. The minimum atomic E-state index is -4.15. The lowest BCUT2D eigenvalue weighted by Gasteiger charge is -2.46. The molecule has 0 saturated carbocycles. The molecule has 8 unspecified atom stereocenters. The maximum absolute atomic E-state index is 13.7. The number of anilines is 1. The standard InChI is InChI=1S/C36H36FNO10S/c37-24-13-10-21(11-14-24)27(40)16-17-49(46,47)35-30(38(36(35)45)25-4-2-1-3-5-25)26-15-12-23(18-28(26)41)20-6-8-22(9-7-20)34-33(44)32(43)31(42)29(19-39)48-34/h1-15,18,27,29-35,39-44H,16-17,19H2. The van der Waals surface area contributed by atoms with E-state index in [0.29, 0.717) is 27.9 Å². The van der Waals surface area contributed by atoms with Crippen molar-refractivity contribution in [2.24, 2.45) is 0 Å². The molecule has 0 aliphatic carbocycles. The summed E-state index contributed by atoms with van der Waals surface area (Å²) in [6, 6.07) is 23.8. The van der Waals surface area contributed by atoms with Crippen LogP contribution in [0.1, 0.15) is 41.4 Å². The van der Waals surface area contributed by atoms with Crippen LogP contribution in [0.15, 0.2) is 97.1 Å². The molecule has 2 fully saturated rings. The third-order valence-electron chi connectivity index (χ3n) is 9.21. The van der Waals surface area contributed by atoms with Crippen LogP contribution < -0.4 is 4.90 Å². The fourth-order valence-electron chi connectivity index (χ4n) is 6.46. The molecular formula is C36H36FNO10S. The Bertz CT molecular complexity index is 1890. The van der Waals surface area contributed by atoms with Crippen LogP contribution >= 0.6 is 0 Å². The number of sulfone groups is 1. The van der Waals surface area contributed by atoms with Gasteiger partial charge in [0.25, 0.3) is 0 Å². The Hall–Kier alpha value is -4.21. The molecule has 2 aliphatic heterocycles. The average molecular weight is 694 g/mol. The van der Waals surface area contributed by atoms with E-state index in [1.807, 2.05) is 0 Å². The second-order valence-corrected chi connectivity index (χ2v) is 14.5. The van der Waals surface area contributed by atoms with Gasteiger partial charge < -0.3 is 40.3 Å².